The molecule has 0 bridgehead atoms. The molecule has 4 rings (SSSR count). The van der Waals surface area contributed by atoms with Gasteiger partial charge in [0.1, 0.15) is 5.69 Å². The number of aromatic carboxylic acids is 1. The molecule has 3 aromatic rings. The number of carboxylic acid groups (broad SMARTS) is 1. The number of carboxylic acids is 1. The van der Waals surface area contributed by atoms with Gasteiger partial charge in [-0.25, -0.2) is 4.79 Å². The van der Waals surface area contributed by atoms with E-state index in [0.29, 0.717) is 36.5 Å². The molecule has 0 radical (unpaired) electrons. The molecule has 0 fully saturated rings. The molecule has 2 N–H and O–H groups in total. The van der Waals surface area contributed by atoms with Crippen LogP contribution in [0.1, 0.15) is 32.0 Å². The number of nitrogens with zero attached hydrogens (tertiary/aromatic N) is 3. The first-order chi connectivity index (χ1) is 12.6. The van der Waals surface area contributed by atoms with Crippen molar-refractivity contribution < 1.29 is 14.7 Å². The monoisotopic (exact) mass is 348 g/mol. The fourth-order valence-corrected chi connectivity index (χ4v) is 3.31. The number of fused-ring (bicyclic) bond motifs is 1. The van der Waals surface area contributed by atoms with E-state index in [0.717, 1.165) is 11.1 Å². The summed E-state index contributed by atoms with van der Waals surface area (Å²) >= 11 is 0. The molecule has 4 heterocycles. The van der Waals surface area contributed by atoms with Crippen molar-refractivity contribution in [2.45, 2.75) is 13.0 Å². The minimum atomic E-state index is -1.01. The Labute approximate surface area is 149 Å². The van der Waals surface area contributed by atoms with E-state index < -0.39 is 5.97 Å². The predicted molar refractivity (Wildman–Crippen MR) is 93.7 cm³/mol. The second-order valence-electron chi connectivity index (χ2n) is 6.09. The second-order valence-corrected chi connectivity index (χ2v) is 6.09. The highest BCUT2D eigenvalue weighted by molar-refractivity contribution is 5.97. The van der Waals surface area contributed by atoms with Crippen molar-refractivity contribution in [3.63, 3.8) is 0 Å². The number of pyridine rings is 2. The van der Waals surface area contributed by atoms with Crippen LogP contribution in [0.25, 0.3) is 11.3 Å². The van der Waals surface area contributed by atoms with E-state index in [4.69, 9.17) is 0 Å². The van der Waals surface area contributed by atoms with E-state index in [1.165, 1.54) is 0 Å². The van der Waals surface area contributed by atoms with E-state index in [1.54, 1.807) is 54.0 Å². The van der Waals surface area contributed by atoms with Gasteiger partial charge in [-0.2, -0.15) is 0 Å². The Morgan fingerprint density at radius 1 is 1.19 bits per heavy atom. The Hall–Kier alpha value is -3.48. The molecule has 1 aliphatic heterocycles. The zero-order chi connectivity index (χ0) is 18.1. The quantitative estimate of drug-likeness (QED) is 0.757. The molecule has 3 aromatic heterocycles. The maximum absolute atomic E-state index is 12.5. The maximum atomic E-state index is 12.5. The lowest BCUT2D eigenvalue weighted by atomic mass is 9.92. The van der Waals surface area contributed by atoms with Crippen molar-refractivity contribution >= 4 is 11.9 Å². The molecule has 1 aliphatic rings. The third-order valence-corrected chi connectivity index (χ3v) is 4.55. The molecule has 0 saturated carbocycles. The van der Waals surface area contributed by atoms with Crippen molar-refractivity contribution in [2.24, 2.45) is 0 Å². The zero-order valence-electron chi connectivity index (χ0n) is 13.8. The molecule has 0 atom stereocenters. The molecular weight excluding hydrogens is 332 g/mol. The predicted octanol–water partition coefficient (Wildman–Crippen LogP) is 2.37. The lowest BCUT2D eigenvalue weighted by Crippen LogP contribution is -2.37. The highest BCUT2D eigenvalue weighted by Gasteiger charge is 2.28. The average molecular weight is 348 g/mol. The van der Waals surface area contributed by atoms with Crippen LogP contribution in [0.2, 0.25) is 0 Å². The van der Waals surface area contributed by atoms with Gasteiger partial charge >= 0.3 is 5.97 Å². The highest BCUT2D eigenvalue weighted by atomic mass is 16.4. The summed E-state index contributed by atoms with van der Waals surface area (Å²) in [5.41, 5.74) is 3.39. The van der Waals surface area contributed by atoms with Crippen molar-refractivity contribution in [3.8, 4) is 11.3 Å². The Morgan fingerprint density at radius 3 is 2.69 bits per heavy atom. The number of hydrogen-bond acceptors (Lipinski definition) is 4. The number of H-pyrrole nitrogens is 1. The zero-order valence-corrected chi connectivity index (χ0v) is 13.8. The van der Waals surface area contributed by atoms with Crippen LogP contribution in [0, 0.1) is 0 Å². The summed E-state index contributed by atoms with van der Waals surface area (Å²) in [6.07, 6.45) is 7.07. The van der Waals surface area contributed by atoms with Crippen LogP contribution < -0.4 is 0 Å². The smallest absolute Gasteiger partial charge is 0.338 e. The van der Waals surface area contributed by atoms with Crippen LogP contribution in [-0.2, 0) is 13.0 Å². The van der Waals surface area contributed by atoms with Crippen molar-refractivity contribution in [2.75, 3.05) is 6.54 Å². The van der Waals surface area contributed by atoms with Gasteiger partial charge in [-0.1, -0.05) is 0 Å². The molecule has 0 spiro atoms. The molecule has 0 aromatic carbocycles. The van der Waals surface area contributed by atoms with Crippen molar-refractivity contribution in [1.82, 2.24) is 19.9 Å². The minimum Gasteiger partial charge on any atom is -0.478 e. The van der Waals surface area contributed by atoms with Gasteiger partial charge in [0.05, 0.1) is 11.3 Å². The summed E-state index contributed by atoms with van der Waals surface area (Å²) in [5, 5.41) is 9.77. The van der Waals surface area contributed by atoms with Crippen LogP contribution in [0.3, 0.4) is 0 Å². The number of rotatable bonds is 3. The molecule has 0 aliphatic carbocycles. The molecular formula is C19H16N4O3. The summed E-state index contributed by atoms with van der Waals surface area (Å²) in [4.78, 5) is 37.4. The lowest BCUT2D eigenvalue weighted by molar-refractivity contribution is 0.0694. The highest BCUT2D eigenvalue weighted by Crippen LogP contribution is 2.30. The van der Waals surface area contributed by atoms with E-state index in [1.807, 2.05) is 0 Å². The Bertz CT molecular complexity index is 968. The largest absolute Gasteiger partial charge is 0.478 e. The van der Waals surface area contributed by atoms with Gasteiger partial charge in [0.25, 0.3) is 5.91 Å². The van der Waals surface area contributed by atoms with Crippen LogP contribution in [0.15, 0.2) is 49.1 Å². The maximum Gasteiger partial charge on any atom is 0.338 e. The molecule has 0 unspecified atom stereocenters. The van der Waals surface area contributed by atoms with Gasteiger partial charge in [0.2, 0.25) is 0 Å². The lowest BCUT2D eigenvalue weighted by Gasteiger charge is -2.29. The summed E-state index contributed by atoms with van der Waals surface area (Å²) in [6.45, 7) is 0.808. The minimum absolute atomic E-state index is 0.101. The standard InChI is InChI=1S/C19H16N4O3/c24-18(15-2-1-6-21-15)23-9-5-14-13(11-23)10-22-17(16(14)19(25)26)12-3-7-20-8-4-12/h1-4,6-8,10,21H,5,9,11H2,(H,25,26). The van der Waals surface area contributed by atoms with Gasteiger partial charge in [0, 0.05) is 43.4 Å². The Kier molecular flexibility index (Phi) is 3.96. The Balaban J connectivity index is 1.72. The van der Waals surface area contributed by atoms with Crippen molar-refractivity contribution in [3.05, 3.63) is 71.4 Å². The molecule has 0 saturated heterocycles. The molecule has 7 heteroatoms. The fraction of sp³-hybridized carbons (Fsp3) is 0.158. The first-order valence-corrected chi connectivity index (χ1v) is 8.22. The van der Waals surface area contributed by atoms with E-state index in [2.05, 4.69) is 15.0 Å². The van der Waals surface area contributed by atoms with Crippen LogP contribution in [0.5, 0.6) is 0 Å². The average Bonchev–Trinajstić information content (AvgIpc) is 3.21. The number of carbonyl (C=O) groups excluding carboxylic acids is 1. The summed E-state index contributed by atoms with van der Waals surface area (Å²) in [5.74, 6) is -1.11. The number of aromatic nitrogens is 3. The summed E-state index contributed by atoms with van der Waals surface area (Å²) < 4.78 is 0. The van der Waals surface area contributed by atoms with Crippen molar-refractivity contribution in [1.29, 1.82) is 0 Å². The Morgan fingerprint density at radius 2 is 2.00 bits per heavy atom. The van der Waals surface area contributed by atoms with Gasteiger partial charge in [-0.05, 0) is 41.8 Å². The number of hydrogen-bond donors (Lipinski definition) is 2. The third kappa shape index (κ3) is 2.73. The van der Waals surface area contributed by atoms with Crippen LogP contribution in [-0.4, -0.2) is 43.4 Å². The molecule has 26 heavy (non-hydrogen) atoms. The first-order valence-electron chi connectivity index (χ1n) is 8.22. The van der Waals surface area contributed by atoms with E-state index >= 15 is 0 Å². The normalized spacial score (nSPS) is 13.3. The molecule has 1 amide bonds. The summed E-state index contributed by atoms with van der Waals surface area (Å²) in [7, 11) is 0. The molecule has 7 nitrogen and oxygen atoms in total. The first kappa shape index (κ1) is 16.0. The van der Waals surface area contributed by atoms with Gasteiger partial charge in [-0.15, -0.1) is 0 Å². The van der Waals surface area contributed by atoms with E-state index in [-0.39, 0.29) is 11.5 Å². The van der Waals surface area contributed by atoms with Gasteiger partial charge in [0.15, 0.2) is 0 Å². The van der Waals surface area contributed by atoms with Gasteiger partial charge < -0.3 is 15.0 Å². The second kappa shape index (κ2) is 6.44. The number of nitrogens with one attached hydrogen (secondary N) is 1. The fourth-order valence-electron chi connectivity index (χ4n) is 3.31. The molecule has 130 valence electrons. The summed E-state index contributed by atoms with van der Waals surface area (Å²) in [6, 6.07) is 6.98. The topological polar surface area (TPSA) is 99.2 Å². The van der Waals surface area contributed by atoms with Crippen LogP contribution >= 0.6 is 0 Å². The van der Waals surface area contributed by atoms with Gasteiger partial charge in [-0.3, -0.25) is 14.8 Å². The van der Waals surface area contributed by atoms with E-state index in [9.17, 15) is 14.7 Å². The number of carbonyl (C=O) groups is 2. The SMILES string of the molecule is O=C(O)c1c(-c2ccncc2)ncc2c1CCN(C(=O)c1ccc[nH]1)C2. The number of amides is 1. The third-order valence-electron chi connectivity index (χ3n) is 4.55. The van der Waals surface area contributed by atoms with Crippen LogP contribution in [0.4, 0.5) is 0 Å². The number of aromatic amines is 1.